The van der Waals surface area contributed by atoms with Crippen molar-refractivity contribution in [1.82, 2.24) is 15.1 Å². The van der Waals surface area contributed by atoms with E-state index in [2.05, 4.69) is 31.8 Å². The number of aryl methyl sites for hydroxylation is 1. The van der Waals surface area contributed by atoms with Crippen LogP contribution in [0.25, 0.3) is 11.3 Å². The zero-order valence-corrected chi connectivity index (χ0v) is 18.6. The van der Waals surface area contributed by atoms with Crippen LogP contribution >= 0.6 is 0 Å². The molecule has 1 aliphatic rings. The van der Waals surface area contributed by atoms with Crippen molar-refractivity contribution in [3.8, 4) is 11.3 Å². The van der Waals surface area contributed by atoms with Crippen molar-refractivity contribution in [3.05, 3.63) is 66.2 Å². The van der Waals surface area contributed by atoms with Crippen molar-refractivity contribution in [2.45, 2.75) is 18.2 Å². The number of aromatic nitrogens is 2. The summed E-state index contributed by atoms with van der Waals surface area (Å²) in [5.41, 5.74) is 3.24. The summed E-state index contributed by atoms with van der Waals surface area (Å²) < 4.78 is 27.9. The first-order chi connectivity index (χ1) is 14.9. The minimum Gasteiger partial charge on any atom is -0.353 e. The topological polar surface area (TPSA) is 78.4 Å². The largest absolute Gasteiger partial charge is 0.353 e. The molecule has 0 radical (unpaired) electrons. The van der Waals surface area contributed by atoms with Crippen LogP contribution in [0.1, 0.15) is 12.5 Å². The van der Waals surface area contributed by atoms with Gasteiger partial charge in [0.2, 0.25) is 0 Å². The van der Waals surface area contributed by atoms with Gasteiger partial charge in [-0.05, 0) is 55.4 Å². The third-order valence-corrected chi connectivity index (χ3v) is 6.95. The predicted octanol–water partition coefficient (Wildman–Crippen LogP) is 3.26. The molecule has 7 nitrogen and oxygen atoms in total. The standard InChI is InChI=1S/C23H27N5O2S/c1-3-18-4-10-21(11-5-18)31(29,30)26-20-8-6-19(7-9-20)22-12-13-23(25-24-22)28-16-14-27(2)15-17-28/h4-13,26H,3,14-17H2,1-2H3. The van der Waals surface area contributed by atoms with Gasteiger partial charge >= 0.3 is 0 Å². The Morgan fingerprint density at radius 1 is 0.871 bits per heavy atom. The number of anilines is 2. The van der Waals surface area contributed by atoms with E-state index in [1.165, 1.54) is 0 Å². The highest BCUT2D eigenvalue weighted by atomic mass is 32.2. The summed E-state index contributed by atoms with van der Waals surface area (Å²) in [7, 11) is -1.50. The van der Waals surface area contributed by atoms with Gasteiger partial charge in [-0.25, -0.2) is 8.42 Å². The molecular weight excluding hydrogens is 410 g/mol. The lowest BCUT2D eigenvalue weighted by molar-refractivity contribution is 0.312. The molecule has 3 aromatic rings. The molecule has 1 aliphatic heterocycles. The second kappa shape index (κ2) is 9.03. The first-order valence-electron chi connectivity index (χ1n) is 10.4. The Bertz CT molecular complexity index is 1110. The van der Waals surface area contributed by atoms with Crippen LogP contribution < -0.4 is 9.62 Å². The highest BCUT2D eigenvalue weighted by Crippen LogP contribution is 2.23. The van der Waals surface area contributed by atoms with Crippen LogP contribution in [-0.4, -0.2) is 56.7 Å². The maximum absolute atomic E-state index is 12.6. The van der Waals surface area contributed by atoms with Gasteiger partial charge in [0.1, 0.15) is 0 Å². The number of piperazine rings is 1. The summed E-state index contributed by atoms with van der Waals surface area (Å²) in [6, 6.07) is 18.0. The van der Waals surface area contributed by atoms with Crippen molar-refractivity contribution in [1.29, 1.82) is 0 Å². The summed E-state index contributed by atoms with van der Waals surface area (Å²) in [6.07, 6.45) is 0.870. The van der Waals surface area contributed by atoms with Gasteiger partial charge in [0, 0.05) is 37.4 Å². The van der Waals surface area contributed by atoms with Crippen molar-refractivity contribution >= 4 is 21.5 Å². The van der Waals surface area contributed by atoms with Gasteiger partial charge in [0.15, 0.2) is 5.82 Å². The number of hydrogen-bond acceptors (Lipinski definition) is 6. The summed E-state index contributed by atoms with van der Waals surface area (Å²) in [6.45, 7) is 5.96. The zero-order valence-electron chi connectivity index (χ0n) is 17.8. The number of nitrogens with one attached hydrogen (secondary N) is 1. The van der Waals surface area contributed by atoms with E-state index in [-0.39, 0.29) is 4.90 Å². The van der Waals surface area contributed by atoms with Crippen LogP contribution in [0.5, 0.6) is 0 Å². The molecule has 0 atom stereocenters. The Kier molecular flexibility index (Phi) is 6.20. The predicted molar refractivity (Wildman–Crippen MR) is 124 cm³/mol. The van der Waals surface area contributed by atoms with E-state index < -0.39 is 10.0 Å². The highest BCUT2D eigenvalue weighted by molar-refractivity contribution is 7.92. The van der Waals surface area contributed by atoms with Crippen LogP contribution in [0.3, 0.4) is 0 Å². The molecule has 0 saturated carbocycles. The molecule has 0 aliphatic carbocycles. The number of hydrogen-bond donors (Lipinski definition) is 1. The third kappa shape index (κ3) is 5.03. The first kappa shape index (κ1) is 21.3. The second-order valence-electron chi connectivity index (χ2n) is 7.75. The van der Waals surface area contributed by atoms with Crippen molar-refractivity contribution < 1.29 is 8.42 Å². The Labute approximate surface area is 183 Å². The lowest BCUT2D eigenvalue weighted by atomic mass is 10.1. The van der Waals surface area contributed by atoms with E-state index in [1.54, 1.807) is 24.3 Å². The van der Waals surface area contributed by atoms with Crippen LogP contribution in [0.4, 0.5) is 11.5 Å². The van der Waals surface area contributed by atoms with Crippen LogP contribution in [0.2, 0.25) is 0 Å². The molecule has 1 fully saturated rings. The quantitative estimate of drug-likeness (QED) is 0.638. The fourth-order valence-electron chi connectivity index (χ4n) is 3.51. The number of sulfonamides is 1. The van der Waals surface area contributed by atoms with Gasteiger partial charge in [-0.1, -0.05) is 31.2 Å². The average molecular weight is 438 g/mol. The molecule has 8 heteroatoms. The molecule has 0 bridgehead atoms. The minimum atomic E-state index is -3.62. The number of rotatable bonds is 6. The number of benzene rings is 2. The van der Waals surface area contributed by atoms with Gasteiger partial charge in [-0.2, -0.15) is 0 Å². The maximum atomic E-state index is 12.6. The molecule has 2 heterocycles. The molecule has 1 aromatic heterocycles. The van der Waals surface area contributed by atoms with Gasteiger partial charge in [-0.3, -0.25) is 4.72 Å². The van der Waals surface area contributed by atoms with Gasteiger partial charge in [-0.15, -0.1) is 10.2 Å². The fourth-order valence-corrected chi connectivity index (χ4v) is 4.57. The Morgan fingerprint density at radius 3 is 2.13 bits per heavy atom. The van der Waals surface area contributed by atoms with Crippen molar-refractivity contribution in [3.63, 3.8) is 0 Å². The number of nitrogens with zero attached hydrogens (tertiary/aromatic N) is 4. The van der Waals surface area contributed by atoms with Gasteiger partial charge in [0.25, 0.3) is 10.0 Å². The lowest BCUT2D eigenvalue weighted by Gasteiger charge is -2.32. The number of likely N-dealkylation sites (N-methyl/N-ethyl adjacent to an activating group) is 1. The lowest BCUT2D eigenvalue weighted by Crippen LogP contribution is -2.44. The second-order valence-corrected chi connectivity index (χ2v) is 9.43. The molecule has 162 valence electrons. The van der Waals surface area contributed by atoms with Crippen molar-refractivity contribution in [2.75, 3.05) is 42.8 Å². The van der Waals surface area contributed by atoms with E-state index in [1.807, 2.05) is 43.3 Å². The Balaban J connectivity index is 1.44. The average Bonchev–Trinajstić information content (AvgIpc) is 2.80. The minimum absolute atomic E-state index is 0.249. The molecule has 1 N–H and O–H groups in total. The molecule has 2 aromatic carbocycles. The summed E-state index contributed by atoms with van der Waals surface area (Å²) >= 11 is 0. The van der Waals surface area contributed by atoms with E-state index in [0.29, 0.717) is 5.69 Å². The zero-order chi connectivity index (χ0) is 21.8. The fraction of sp³-hybridized carbons (Fsp3) is 0.304. The van der Waals surface area contributed by atoms with Crippen molar-refractivity contribution in [2.24, 2.45) is 0 Å². The van der Waals surface area contributed by atoms with E-state index in [4.69, 9.17) is 0 Å². The Morgan fingerprint density at radius 2 is 1.55 bits per heavy atom. The van der Waals surface area contributed by atoms with Crippen LogP contribution in [-0.2, 0) is 16.4 Å². The summed E-state index contributed by atoms with van der Waals surface area (Å²) in [5, 5.41) is 8.75. The van der Waals surface area contributed by atoms with E-state index in [9.17, 15) is 8.42 Å². The van der Waals surface area contributed by atoms with Crippen LogP contribution in [0, 0.1) is 0 Å². The van der Waals surface area contributed by atoms with Gasteiger partial charge < -0.3 is 9.80 Å². The first-order valence-corrected chi connectivity index (χ1v) is 11.9. The van der Waals surface area contributed by atoms with Gasteiger partial charge in [0.05, 0.1) is 10.6 Å². The molecule has 1 saturated heterocycles. The maximum Gasteiger partial charge on any atom is 0.261 e. The normalized spacial score (nSPS) is 15.1. The van der Waals surface area contributed by atoms with Crippen LogP contribution in [0.15, 0.2) is 65.6 Å². The summed E-state index contributed by atoms with van der Waals surface area (Å²) in [4.78, 5) is 4.79. The SMILES string of the molecule is CCc1ccc(S(=O)(=O)Nc2ccc(-c3ccc(N4CCN(C)CC4)nn3)cc2)cc1. The highest BCUT2D eigenvalue weighted by Gasteiger charge is 2.16. The van der Waals surface area contributed by atoms with E-state index >= 15 is 0 Å². The Hall–Kier alpha value is -2.97. The smallest absolute Gasteiger partial charge is 0.261 e. The molecule has 0 spiro atoms. The van der Waals surface area contributed by atoms with E-state index in [0.717, 1.165) is 55.2 Å². The molecule has 31 heavy (non-hydrogen) atoms. The molecule has 4 rings (SSSR count). The molecule has 0 unspecified atom stereocenters. The molecule has 0 amide bonds. The summed E-state index contributed by atoms with van der Waals surface area (Å²) in [5.74, 6) is 0.885. The third-order valence-electron chi connectivity index (χ3n) is 5.55. The monoisotopic (exact) mass is 437 g/mol. The molecular formula is C23H27N5O2S.